The lowest BCUT2D eigenvalue weighted by molar-refractivity contribution is -0.273. The molecule has 0 aromatic heterocycles. The van der Waals surface area contributed by atoms with E-state index in [0.29, 0.717) is 0 Å². The molecule has 0 aromatic carbocycles. The third-order valence-electron chi connectivity index (χ3n) is 1.64. The topological polar surface area (TPSA) is 36.9 Å². The Balaban J connectivity index is 3.89. The van der Waals surface area contributed by atoms with Gasteiger partial charge in [0.1, 0.15) is 0 Å². The summed E-state index contributed by atoms with van der Waals surface area (Å²) in [6.07, 6.45) is 1.18. The molecule has 90 valence electrons. The molecule has 0 aromatic rings. The largest absolute Gasteiger partial charge is 0.935 e. The Hall–Kier alpha value is 0.372. The van der Waals surface area contributed by atoms with Gasteiger partial charge in [-0.05, 0) is 41.0 Å². The number of rotatable bonds is 8. The average molecular weight is 234 g/mol. The first-order chi connectivity index (χ1) is 6.95. The summed E-state index contributed by atoms with van der Waals surface area (Å²) in [5, 5.41) is 0. The minimum atomic E-state index is -2.14. The lowest BCUT2D eigenvalue weighted by Crippen LogP contribution is -2.33. The zero-order chi connectivity index (χ0) is 11.8. The van der Waals surface area contributed by atoms with Crippen molar-refractivity contribution in [1.29, 1.82) is 0 Å². The van der Waals surface area contributed by atoms with E-state index in [0.717, 1.165) is 6.42 Å². The van der Waals surface area contributed by atoms with Crippen molar-refractivity contribution in [2.75, 3.05) is 0 Å². The summed E-state index contributed by atoms with van der Waals surface area (Å²) in [5.74, 6) is 0. The van der Waals surface area contributed by atoms with Crippen LogP contribution in [0.1, 0.15) is 48.0 Å². The van der Waals surface area contributed by atoms with Crippen molar-refractivity contribution >= 4 is 15.1 Å². The fourth-order valence-electron chi connectivity index (χ4n) is 0.730. The van der Waals surface area contributed by atoms with Gasteiger partial charge >= 0.3 is 15.1 Å². The van der Waals surface area contributed by atoms with Gasteiger partial charge in [-0.15, -0.1) is 0 Å². The maximum atomic E-state index is 5.53. The predicted octanol–water partition coefficient (Wildman–Crippen LogP) is 2.57. The molecule has 0 aliphatic heterocycles. The Bertz CT molecular complexity index is 142. The van der Waals surface area contributed by atoms with Gasteiger partial charge in [-0.2, -0.15) is 0 Å². The van der Waals surface area contributed by atoms with Crippen LogP contribution in [0.2, 0.25) is 0 Å². The van der Waals surface area contributed by atoms with Gasteiger partial charge in [0.05, 0.1) is 6.10 Å². The fourth-order valence-corrected chi connectivity index (χ4v) is 2.05. The number of hydrogen-bond donors (Lipinski definition) is 0. The van der Waals surface area contributed by atoms with Gasteiger partial charge in [0.2, 0.25) is 0 Å². The van der Waals surface area contributed by atoms with Crippen LogP contribution in [0.25, 0.3) is 0 Å². The van der Waals surface area contributed by atoms with Crippen molar-refractivity contribution in [1.82, 2.24) is 0 Å². The summed E-state index contributed by atoms with van der Waals surface area (Å²) in [6.45, 7) is 11.8. The van der Waals surface area contributed by atoms with Crippen LogP contribution in [-0.2, 0) is 16.4 Å². The molecule has 0 radical (unpaired) electrons. The highest BCUT2D eigenvalue weighted by Gasteiger charge is 2.35. The van der Waals surface area contributed by atoms with Crippen molar-refractivity contribution in [3.05, 3.63) is 0 Å². The summed E-state index contributed by atoms with van der Waals surface area (Å²) in [4.78, 5) is 5.17. The molecule has 0 saturated carbocycles. The number of hydrogen-bond acceptors (Lipinski definition) is 4. The second-order valence-corrected chi connectivity index (χ2v) is 5.38. The third kappa shape index (κ3) is 9.31. The molecule has 0 aliphatic carbocycles. The minimum Gasteiger partial charge on any atom is -0.451 e. The molecule has 15 heavy (non-hydrogen) atoms. The van der Waals surface area contributed by atoms with E-state index in [1.165, 1.54) is 0 Å². The fraction of sp³-hybridized carbons (Fsp3) is 1.00. The Morgan fingerprint density at radius 2 is 1.40 bits per heavy atom. The Labute approximate surface area is 98.2 Å². The maximum absolute atomic E-state index is 5.53. The SMILES string of the molecule is CCC(C)O[O][Al]([O]C(C)C)[O]C(C)C. The molecule has 0 fully saturated rings. The summed E-state index contributed by atoms with van der Waals surface area (Å²) in [7, 11) is 0. The zero-order valence-electron chi connectivity index (χ0n) is 10.6. The minimum absolute atomic E-state index is 0.0755. The van der Waals surface area contributed by atoms with E-state index in [2.05, 4.69) is 0 Å². The van der Waals surface area contributed by atoms with Crippen LogP contribution in [0.3, 0.4) is 0 Å². The highest BCUT2D eigenvalue weighted by atomic mass is 27.3. The molecule has 0 bridgehead atoms. The molecule has 0 spiro atoms. The van der Waals surface area contributed by atoms with Crippen molar-refractivity contribution in [2.45, 2.75) is 66.3 Å². The molecule has 4 nitrogen and oxygen atoms in total. The van der Waals surface area contributed by atoms with Crippen LogP contribution in [-0.4, -0.2) is 33.5 Å². The summed E-state index contributed by atoms with van der Waals surface area (Å²) in [5.41, 5.74) is 0. The summed E-state index contributed by atoms with van der Waals surface area (Å²) in [6, 6.07) is 0. The van der Waals surface area contributed by atoms with Crippen LogP contribution < -0.4 is 0 Å². The van der Waals surface area contributed by atoms with Crippen LogP contribution >= 0.6 is 0 Å². The molecule has 0 amide bonds. The zero-order valence-corrected chi connectivity index (χ0v) is 11.8. The van der Waals surface area contributed by atoms with Gasteiger partial charge in [0, 0.05) is 12.2 Å². The molecule has 5 heteroatoms. The Morgan fingerprint density at radius 1 is 0.933 bits per heavy atom. The second-order valence-electron chi connectivity index (χ2n) is 4.07. The summed E-state index contributed by atoms with van der Waals surface area (Å²) >= 11 is -2.14. The van der Waals surface area contributed by atoms with Gasteiger partial charge in [0.25, 0.3) is 0 Å². The quantitative estimate of drug-likeness (QED) is 0.367. The van der Waals surface area contributed by atoms with E-state index in [4.69, 9.17) is 16.4 Å². The first kappa shape index (κ1) is 15.4. The van der Waals surface area contributed by atoms with Gasteiger partial charge in [-0.25, -0.2) is 0 Å². The first-order valence-corrected chi connectivity index (χ1v) is 7.00. The second kappa shape index (κ2) is 8.52. The first-order valence-electron chi connectivity index (χ1n) is 5.58. The van der Waals surface area contributed by atoms with Gasteiger partial charge < -0.3 is 11.5 Å². The van der Waals surface area contributed by atoms with Crippen molar-refractivity contribution in [3.8, 4) is 0 Å². The van der Waals surface area contributed by atoms with Crippen LogP contribution in [0.15, 0.2) is 0 Å². The highest BCUT2D eigenvalue weighted by molar-refractivity contribution is 6.36. The molecule has 1 unspecified atom stereocenters. The monoisotopic (exact) mass is 234 g/mol. The van der Waals surface area contributed by atoms with Gasteiger partial charge in [-0.1, -0.05) is 6.92 Å². The maximum Gasteiger partial charge on any atom is 0.935 e. The summed E-state index contributed by atoms with van der Waals surface area (Å²) < 4.78 is 16.3. The molecule has 0 saturated heterocycles. The standard InChI is InChI=1S/C4H10O2.2C3H7O.Al/c1-3-4(2)6-5;2*1-3(2)4;/h4-5H,3H2,1-2H3;2*3H,1-2H3;/q;2*-1;+3/p-1. The molecule has 0 heterocycles. The van der Waals surface area contributed by atoms with E-state index >= 15 is 0 Å². The van der Waals surface area contributed by atoms with Crippen LogP contribution in [0.5, 0.6) is 0 Å². The van der Waals surface area contributed by atoms with Crippen molar-refractivity contribution in [2.24, 2.45) is 0 Å². The van der Waals surface area contributed by atoms with E-state index in [-0.39, 0.29) is 18.3 Å². The van der Waals surface area contributed by atoms with E-state index < -0.39 is 15.1 Å². The van der Waals surface area contributed by atoms with Crippen LogP contribution in [0, 0.1) is 0 Å². The lowest BCUT2D eigenvalue weighted by atomic mass is 10.3. The molecule has 1 atom stereocenters. The normalized spacial score (nSPS) is 13.6. The predicted molar refractivity (Wildman–Crippen MR) is 60.1 cm³/mol. The molecule has 0 aliphatic rings. The van der Waals surface area contributed by atoms with Crippen LogP contribution in [0.4, 0.5) is 0 Å². The van der Waals surface area contributed by atoms with Gasteiger partial charge in [-0.3, -0.25) is 4.89 Å². The lowest BCUT2D eigenvalue weighted by Gasteiger charge is -2.19. The van der Waals surface area contributed by atoms with E-state index in [1.54, 1.807) is 0 Å². The van der Waals surface area contributed by atoms with Crippen molar-refractivity contribution in [3.63, 3.8) is 0 Å². The molecular formula is C10H23AlO4. The smallest absolute Gasteiger partial charge is 0.451 e. The third-order valence-corrected chi connectivity index (χ3v) is 3.44. The van der Waals surface area contributed by atoms with Crippen molar-refractivity contribution < 1.29 is 16.4 Å². The Morgan fingerprint density at radius 3 is 1.73 bits per heavy atom. The Kier molecular flexibility index (Phi) is 8.73. The highest BCUT2D eigenvalue weighted by Crippen LogP contribution is 2.05. The van der Waals surface area contributed by atoms with E-state index in [9.17, 15) is 0 Å². The van der Waals surface area contributed by atoms with E-state index in [1.807, 2.05) is 41.5 Å². The average Bonchev–Trinajstić information content (AvgIpc) is 2.11. The van der Waals surface area contributed by atoms with Gasteiger partial charge in [0.15, 0.2) is 0 Å². The molecule has 0 N–H and O–H groups in total. The molecule has 0 rings (SSSR count). The molecular weight excluding hydrogens is 211 g/mol.